The van der Waals surface area contributed by atoms with E-state index in [0.717, 1.165) is 17.2 Å². The third-order valence-electron chi connectivity index (χ3n) is 8.61. The molecule has 348 valence electrons. The van der Waals surface area contributed by atoms with Crippen LogP contribution in [0.4, 0.5) is 0 Å². The van der Waals surface area contributed by atoms with E-state index in [4.69, 9.17) is 9.47 Å². The molecule has 0 saturated carbocycles. The molecular weight excluding hydrogens is 829 g/mol. The number of β-amino-alcohol motifs (C(OH)–C–C–N with tert-alkyl or cyclic N) is 1. The molecule has 6 amide bonds. The third kappa shape index (κ3) is 20.5. The summed E-state index contributed by atoms with van der Waals surface area (Å²) in [6.07, 6.45) is 1.69. The van der Waals surface area contributed by atoms with Gasteiger partial charge in [-0.1, -0.05) is 71.0 Å². The Morgan fingerprint density at radius 1 is 1.00 bits per heavy atom. The van der Waals surface area contributed by atoms with Gasteiger partial charge >= 0.3 is 0 Å². The highest BCUT2D eigenvalue weighted by atomic mass is 32.1. The lowest BCUT2D eigenvalue weighted by Crippen LogP contribution is -2.53. The number of imide groups is 1. The van der Waals surface area contributed by atoms with Crippen molar-refractivity contribution in [2.75, 3.05) is 33.3 Å². The van der Waals surface area contributed by atoms with Gasteiger partial charge in [-0.15, -0.1) is 11.3 Å². The van der Waals surface area contributed by atoms with Crippen LogP contribution in [0.2, 0.25) is 0 Å². The smallest absolute Gasteiger partial charge is 0.258 e. The molecule has 63 heavy (non-hydrogen) atoms. The SMILES string of the molecule is CC.CC(C)C.CC(C)OCC(=O)NCC(=O)N1CCC(O)C1.CC(C)Oc1cccc(C=O)c1C(=O)N(C)C1CCC(=O)NC1=O.Cc1ncsc1-c1ccc(CNC=O)cc1. The predicted molar refractivity (Wildman–Crippen MR) is 244 cm³/mol. The van der Waals surface area contributed by atoms with Crippen LogP contribution in [0.15, 0.2) is 48.0 Å². The summed E-state index contributed by atoms with van der Waals surface area (Å²) in [7, 11) is 1.48. The number of piperidine rings is 1. The molecule has 16 nitrogen and oxygen atoms in total. The normalized spacial score (nSPS) is 15.2. The number of nitrogens with one attached hydrogen (secondary N) is 3. The summed E-state index contributed by atoms with van der Waals surface area (Å²) in [5.41, 5.74) is 5.49. The van der Waals surface area contributed by atoms with Crippen LogP contribution in [0, 0.1) is 12.8 Å². The minimum absolute atomic E-state index is 0.00909. The number of aryl methyl sites for hydroxylation is 1. The highest BCUT2D eigenvalue weighted by Crippen LogP contribution is 2.28. The number of nitrogens with zero attached hydrogens (tertiary/aromatic N) is 3. The number of aliphatic hydroxyl groups is 1. The molecule has 2 unspecified atom stereocenters. The molecule has 0 radical (unpaired) electrons. The number of benzene rings is 2. The van der Waals surface area contributed by atoms with Gasteiger partial charge in [-0.05, 0) is 70.6 Å². The lowest BCUT2D eigenvalue weighted by atomic mass is 10.0. The minimum atomic E-state index is -0.762. The third-order valence-corrected chi connectivity index (χ3v) is 9.59. The molecule has 17 heteroatoms. The number of aldehydes is 1. The molecule has 2 aliphatic rings. The highest BCUT2D eigenvalue weighted by molar-refractivity contribution is 7.13. The maximum atomic E-state index is 12.9. The molecular formula is C46H68N6O10S. The number of hydrogen-bond donors (Lipinski definition) is 4. The van der Waals surface area contributed by atoms with Gasteiger partial charge in [-0.3, -0.25) is 38.9 Å². The van der Waals surface area contributed by atoms with Crippen molar-refractivity contribution >= 4 is 53.6 Å². The predicted octanol–water partition coefficient (Wildman–Crippen LogP) is 5.34. The fourth-order valence-corrected chi connectivity index (χ4v) is 6.47. The summed E-state index contributed by atoms with van der Waals surface area (Å²) in [6, 6.07) is 12.1. The summed E-state index contributed by atoms with van der Waals surface area (Å²) in [4.78, 5) is 88.7. The maximum absolute atomic E-state index is 12.9. The van der Waals surface area contributed by atoms with Gasteiger partial charge in [-0.25, -0.2) is 4.98 Å². The number of thiazole rings is 1. The molecule has 2 atom stereocenters. The Hall–Kier alpha value is -5.52. The second kappa shape index (κ2) is 29.7. The Balaban J connectivity index is 0.000000453. The van der Waals surface area contributed by atoms with E-state index in [1.54, 1.807) is 28.4 Å². The van der Waals surface area contributed by atoms with Gasteiger partial charge in [0.2, 0.25) is 30.0 Å². The Bertz CT molecular complexity index is 1900. The molecule has 3 heterocycles. The van der Waals surface area contributed by atoms with E-state index in [1.165, 1.54) is 28.5 Å². The van der Waals surface area contributed by atoms with Crippen LogP contribution in [-0.2, 0) is 35.3 Å². The number of likely N-dealkylation sites (N-methyl/N-ethyl adjacent to an activating group) is 1. The van der Waals surface area contributed by atoms with Crippen molar-refractivity contribution in [1.29, 1.82) is 0 Å². The first-order chi connectivity index (χ1) is 29.9. The number of amides is 6. The van der Waals surface area contributed by atoms with Crippen molar-refractivity contribution in [1.82, 2.24) is 30.7 Å². The van der Waals surface area contributed by atoms with Gasteiger partial charge in [0.15, 0.2) is 6.29 Å². The quantitative estimate of drug-likeness (QED) is 0.120. The van der Waals surface area contributed by atoms with Crippen LogP contribution in [0.1, 0.15) is 114 Å². The van der Waals surface area contributed by atoms with Gasteiger partial charge in [0.25, 0.3) is 5.91 Å². The fraction of sp³-hybridized carbons (Fsp3) is 0.522. The molecule has 3 aromatic rings. The van der Waals surface area contributed by atoms with Crippen LogP contribution >= 0.6 is 11.3 Å². The van der Waals surface area contributed by atoms with Crippen molar-refractivity contribution < 1.29 is 48.1 Å². The van der Waals surface area contributed by atoms with Gasteiger partial charge < -0.3 is 35.0 Å². The van der Waals surface area contributed by atoms with E-state index < -0.39 is 24.0 Å². The average Bonchev–Trinajstić information content (AvgIpc) is 3.89. The van der Waals surface area contributed by atoms with Crippen molar-refractivity contribution in [3.63, 3.8) is 0 Å². The molecule has 4 N–H and O–H groups in total. The summed E-state index contributed by atoms with van der Waals surface area (Å²) >= 11 is 1.64. The first-order valence-corrected chi connectivity index (χ1v) is 22.1. The molecule has 0 bridgehead atoms. The number of hydrogen-bond acceptors (Lipinski definition) is 12. The van der Waals surface area contributed by atoms with Crippen molar-refractivity contribution in [2.45, 2.75) is 119 Å². The van der Waals surface area contributed by atoms with Crippen molar-refractivity contribution in [3.8, 4) is 16.2 Å². The van der Waals surface area contributed by atoms with Crippen LogP contribution in [0.3, 0.4) is 0 Å². The van der Waals surface area contributed by atoms with E-state index in [-0.39, 0.29) is 67.0 Å². The summed E-state index contributed by atoms with van der Waals surface area (Å²) in [5, 5.41) is 16.6. The van der Waals surface area contributed by atoms with Crippen LogP contribution in [-0.4, -0.2) is 120 Å². The highest BCUT2D eigenvalue weighted by Gasteiger charge is 2.34. The number of aliphatic hydroxyl groups excluding tert-OH is 1. The van der Waals surface area contributed by atoms with Gasteiger partial charge in [0.1, 0.15) is 18.4 Å². The van der Waals surface area contributed by atoms with Crippen LogP contribution in [0.5, 0.6) is 5.75 Å². The van der Waals surface area contributed by atoms with E-state index in [1.807, 2.05) is 66.1 Å². The van der Waals surface area contributed by atoms with Crippen molar-refractivity contribution in [2.24, 2.45) is 5.92 Å². The summed E-state index contributed by atoms with van der Waals surface area (Å²) < 4.78 is 10.7. The molecule has 2 aliphatic heterocycles. The van der Waals surface area contributed by atoms with E-state index in [2.05, 4.69) is 53.8 Å². The molecule has 2 fully saturated rings. The second-order valence-electron chi connectivity index (χ2n) is 15.5. The zero-order chi connectivity index (χ0) is 47.6. The zero-order valence-electron chi connectivity index (χ0n) is 38.7. The van der Waals surface area contributed by atoms with E-state index in [0.29, 0.717) is 44.5 Å². The summed E-state index contributed by atoms with van der Waals surface area (Å²) in [5.74, 6) is -0.709. The van der Waals surface area contributed by atoms with Crippen molar-refractivity contribution in [3.05, 3.63) is 70.4 Å². The Morgan fingerprint density at radius 3 is 2.16 bits per heavy atom. The maximum Gasteiger partial charge on any atom is 0.258 e. The van der Waals surface area contributed by atoms with E-state index >= 15 is 0 Å². The van der Waals surface area contributed by atoms with Gasteiger partial charge in [0, 0.05) is 38.7 Å². The van der Waals surface area contributed by atoms with E-state index in [9.17, 15) is 38.7 Å². The number of likely N-dealkylation sites (tertiary alicyclic amines) is 1. The average molecular weight is 897 g/mol. The molecule has 1 aromatic heterocycles. The lowest BCUT2D eigenvalue weighted by molar-refractivity contribution is -0.136. The minimum Gasteiger partial charge on any atom is -0.490 e. The fourth-order valence-electron chi connectivity index (χ4n) is 5.66. The monoisotopic (exact) mass is 896 g/mol. The van der Waals surface area contributed by atoms with Gasteiger partial charge in [-0.2, -0.15) is 0 Å². The zero-order valence-corrected chi connectivity index (χ0v) is 39.5. The van der Waals surface area contributed by atoms with Gasteiger partial charge in [0.05, 0.1) is 46.5 Å². The topological polar surface area (TPSA) is 214 Å². The summed E-state index contributed by atoms with van der Waals surface area (Å²) in [6.45, 7) is 21.2. The van der Waals surface area contributed by atoms with Crippen LogP contribution in [0.25, 0.3) is 10.4 Å². The Morgan fingerprint density at radius 2 is 1.65 bits per heavy atom. The Kier molecular flexibility index (Phi) is 26.2. The number of rotatable bonds is 14. The number of carbonyl (C=O) groups excluding carboxylic acids is 7. The van der Waals surface area contributed by atoms with Crippen LogP contribution < -0.4 is 20.7 Å². The molecule has 0 aliphatic carbocycles. The second-order valence-corrected chi connectivity index (χ2v) is 16.4. The largest absolute Gasteiger partial charge is 0.490 e. The first-order valence-electron chi connectivity index (χ1n) is 21.2. The number of aromatic nitrogens is 1. The number of carbonyl (C=O) groups is 7. The molecule has 2 aromatic carbocycles. The first kappa shape index (κ1) is 55.5. The Labute approximate surface area is 376 Å². The number of ether oxygens (including phenoxy) is 2. The standard InChI is InChI=1S/C17H20N2O5.C12H12N2OS.C11H20N2O4.C4H10.C2H6/c1-10(2)24-13-6-4-5-11(9-20)15(13)17(23)19(3)12-7-8-14(21)18-16(12)22;1-9-12(16-8-14-9)11-4-2-10(3-5-11)6-13-7-15;1-8(2)17-7-10(15)12-5-11(16)13-4-3-9(14)6-13;1-4(2)3;1-2/h4-6,9-10,12H,7-8H2,1-3H3,(H,18,21,22);2-5,7-8H,6H2,1H3,(H,13,15);8-9,14H,3-7H2,1-2H3,(H,12,15);4H,1-3H3;1-2H3. The lowest BCUT2D eigenvalue weighted by Gasteiger charge is -2.30. The molecule has 0 spiro atoms. The molecule has 5 rings (SSSR count). The molecule has 2 saturated heterocycles.